The molecule has 2 aromatic carbocycles. The lowest BCUT2D eigenvalue weighted by atomic mass is 9.62. The molecule has 3 aromatic heterocycles. The molecule has 1 aliphatic rings. The van der Waals surface area contributed by atoms with Crippen molar-refractivity contribution in [3.8, 4) is 11.3 Å². The average molecular weight is 492 g/mol. The highest BCUT2D eigenvalue weighted by molar-refractivity contribution is 6.11. The zero-order valence-electron chi connectivity index (χ0n) is 23.8. The third-order valence-corrected chi connectivity index (χ3v) is 8.86. The van der Waals surface area contributed by atoms with Crippen LogP contribution in [-0.2, 0) is 23.3 Å². The first-order valence-corrected chi connectivity index (χ1v) is 13.6. The van der Waals surface area contributed by atoms with Gasteiger partial charge in [-0.05, 0) is 64.3 Å². The molecule has 190 valence electrons. The Morgan fingerprint density at radius 1 is 0.892 bits per heavy atom. The molecule has 0 amide bonds. The Morgan fingerprint density at radius 2 is 1.62 bits per heavy atom. The minimum atomic E-state index is 0.0671. The molecule has 0 atom stereocenters. The van der Waals surface area contributed by atoms with Crippen LogP contribution in [0.1, 0.15) is 83.6 Å². The van der Waals surface area contributed by atoms with E-state index in [-0.39, 0.29) is 16.2 Å². The van der Waals surface area contributed by atoms with Crippen molar-refractivity contribution in [3.63, 3.8) is 0 Å². The minimum absolute atomic E-state index is 0.0671. The van der Waals surface area contributed by atoms with Crippen molar-refractivity contribution in [2.24, 2.45) is 7.05 Å². The third-order valence-electron chi connectivity index (χ3n) is 8.86. The maximum atomic E-state index is 6.69. The standard InChI is InChI=1S/C34H39N2O/c1-20-10-12-23-24-18-21-11-13-25-28(34(7,8)16-15-33(25,5)6)29(21)35-31(24)37-30(23)27(20)26-19-22(32(2,3)4)14-17-36(26)9/h10-14,17-19H,15-16H2,1-9H3/q+1. The van der Waals surface area contributed by atoms with Gasteiger partial charge in [-0.2, -0.15) is 0 Å². The average Bonchev–Trinajstić information content (AvgIpc) is 3.17. The lowest BCUT2D eigenvalue weighted by Gasteiger charge is -2.42. The number of rotatable bonds is 1. The molecule has 1 aliphatic carbocycles. The Hall–Kier alpha value is -3.20. The fourth-order valence-electron chi connectivity index (χ4n) is 6.33. The Balaban J connectivity index is 1.68. The van der Waals surface area contributed by atoms with Crippen LogP contribution in [0.4, 0.5) is 0 Å². The summed E-state index contributed by atoms with van der Waals surface area (Å²) in [5, 5.41) is 3.41. The monoisotopic (exact) mass is 491 g/mol. The van der Waals surface area contributed by atoms with E-state index >= 15 is 0 Å². The molecule has 0 radical (unpaired) electrons. The summed E-state index contributed by atoms with van der Waals surface area (Å²) in [6, 6.07) is 15.9. The van der Waals surface area contributed by atoms with Gasteiger partial charge in [0.05, 0.1) is 11.1 Å². The maximum Gasteiger partial charge on any atom is 0.227 e. The van der Waals surface area contributed by atoms with Crippen molar-refractivity contribution in [2.45, 2.75) is 84.5 Å². The van der Waals surface area contributed by atoms with Gasteiger partial charge in [0.25, 0.3) is 0 Å². The van der Waals surface area contributed by atoms with Gasteiger partial charge in [-0.3, -0.25) is 0 Å². The number of fused-ring (bicyclic) bond motifs is 6. The van der Waals surface area contributed by atoms with Gasteiger partial charge in [-0.1, -0.05) is 72.7 Å². The van der Waals surface area contributed by atoms with E-state index in [1.54, 1.807) is 0 Å². The summed E-state index contributed by atoms with van der Waals surface area (Å²) < 4.78 is 8.90. The van der Waals surface area contributed by atoms with Crippen molar-refractivity contribution in [1.29, 1.82) is 0 Å². The first-order valence-electron chi connectivity index (χ1n) is 13.6. The maximum absolute atomic E-state index is 6.69. The fraction of sp³-hybridized carbons (Fsp3) is 0.412. The highest BCUT2D eigenvalue weighted by Gasteiger charge is 2.39. The van der Waals surface area contributed by atoms with E-state index in [2.05, 4.69) is 116 Å². The van der Waals surface area contributed by atoms with Gasteiger partial charge in [-0.25, -0.2) is 9.55 Å². The van der Waals surface area contributed by atoms with Gasteiger partial charge >= 0.3 is 0 Å². The predicted octanol–water partition coefficient (Wildman–Crippen LogP) is 8.58. The van der Waals surface area contributed by atoms with Gasteiger partial charge in [0.15, 0.2) is 11.8 Å². The van der Waals surface area contributed by atoms with Crippen LogP contribution in [0.2, 0.25) is 0 Å². The van der Waals surface area contributed by atoms with Crippen LogP contribution >= 0.6 is 0 Å². The van der Waals surface area contributed by atoms with Crippen molar-refractivity contribution < 1.29 is 8.98 Å². The first kappa shape index (κ1) is 24.2. The molecule has 3 heterocycles. The van der Waals surface area contributed by atoms with E-state index < -0.39 is 0 Å². The number of furan rings is 1. The number of hydrogen-bond donors (Lipinski definition) is 0. The second kappa shape index (κ2) is 7.66. The van der Waals surface area contributed by atoms with Gasteiger partial charge < -0.3 is 4.42 Å². The van der Waals surface area contributed by atoms with E-state index in [1.165, 1.54) is 39.8 Å². The van der Waals surface area contributed by atoms with Gasteiger partial charge in [0.2, 0.25) is 11.4 Å². The molecule has 0 fully saturated rings. The number of aryl methyl sites for hydroxylation is 2. The minimum Gasteiger partial charge on any atom is -0.437 e. The molecule has 0 saturated carbocycles. The number of nitrogens with zero attached hydrogens (tertiary/aromatic N) is 2. The largest absolute Gasteiger partial charge is 0.437 e. The van der Waals surface area contributed by atoms with Crippen molar-refractivity contribution in [1.82, 2.24) is 4.98 Å². The van der Waals surface area contributed by atoms with Crippen LogP contribution in [0.15, 0.2) is 53.1 Å². The summed E-state index contributed by atoms with van der Waals surface area (Å²) in [4.78, 5) is 5.26. The quantitative estimate of drug-likeness (QED) is 0.220. The summed E-state index contributed by atoms with van der Waals surface area (Å²) in [6.45, 7) is 18.4. The van der Waals surface area contributed by atoms with Gasteiger partial charge in [-0.15, -0.1) is 0 Å². The Kier molecular flexibility index (Phi) is 5.00. The summed E-state index contributed by atoms with van der Waals surface area (Å²) in [5.74, 6) is 0. The first-order chi connectivity index (χ1) is 17.3. The van der Waals surface area contributed by atoms with Crippen LogP contribution < -0.4 is 4.57 Å². The summed E-state index contributed by atoms with van der Waals surface area (Å²) in [5.41, 5.74) is 10.7. The molecular weight excluding hydrogens is 452 g/mol. The second-order valence-electron chi connectivity index (χ2n) is 13.6. The summed E-state index contributed by atoms with van der Waals surface area (Å²) in [7, 11) is 2.12. The lowest BCUT2D eigenvalue weighted by molar-refractivity contribution is -0.660. The molecule has 0 N–H and O–H groups in total. The molecule has 6 rings (SSSR count). The topological polar surface area (TPSA) is 29.9 Å². The number of aromatic nitrogens is 2. The predicted molar refractivity (Wildman–Crippen MR) is 154 cm³/mol. The number of hydrogen-bond acceptors (Lipinski definition) is 2. The zero-order valence-corrected chi connectivity index (χ0v) is 23.8. The normalized spacial score (nSPS) is 17.0. The fourth-order valence-corrected chi connectivity index (χ4v) is 6.33. The van der Waals surface area contributed by atoms with E-state index in [1.807, 2.05) is 0 Å². The molecule has 3 heteroatoms. The summed E-state index contributed by atoms with van der Waals surface area (Å²) >= 11 is 0. The van der Waals surface area contributed by atoms with Gasteiger partial charge in [0, 0.05) is 28.3 Å². The molecule has 3 nitrogen and oxygen atoms in total. The van der Waals surface area contributed by atoms with E-state index in [0.29, 0.717) is 0 Å². The van der Waals surface area contributed by atoms with Crippen LogP contribution in [0.25, 0.3) is 44.2 Å². The Labute approximate surface area is 220 Å². The van der Waals surface area contributed by atoms with Crippen LogP contribution in [-0.4, -0.2) is 4.98 Å². The molecule has 0 bridgehead atoms. The number of benzene rings is 2. The summed E-state index contributed by atoms with van der Waals surface area (Å²) in [6.07, 6.45) is 4.52. The van der Waals surface area contributed by atoms with Crippen molar-refractivity contribution >= 4 is 33.0 Å². The molecule has 0 spiro atoms. The highest BCUT2D eigenvalue weighted by Crippen LogP contribution is 2.49. The van der Waals surface area contributed by atoms with E-state index in [4.69, 9.17) is 9.40 Å². The molecule has 0 saturated heterocycles. The lowest BCUT2D eigenvalue weighted by Crippen LogP contribution is -2.34. The molecule has 5 aromatic rings. The Bertz CT molecular complexity index is 1730. The molecule has 37 heavy (non-hydrogen) atoms. The third kappa shape index (κ3) is 3.61. The van der Waals surface area contributed by atoms with E-state index in [9.17, 15) is 0 Å². The Morgan fingerprint density at radius 3 is 2.35 bits per heavy atom. The van der Waals surface area contributed by atoms with E-state index in [0.717, 1.165) is 39.6 Å². The van der Waals surface area contributed by atoms with Gasteiger partial charge in [0.1, 0.15) is 7.05 Å². The SMILES string of the molecule is Cc1ccc2c(oc3nc4c5c(ccc4cc32)C(C)(C)CCC5(C)C)c1-c1cc(C(C)(C)C)cc[n+]1C. The second-order valence-corrected chi connectivity index (χ2v) is 13.6. The van der Waals surface area contributed by atoms with Crippen molar-refractivity contribution in [3.05, 3.63) is 70.9 Å². The zero-order chi connectivity index (χ0) is 26.5. The number of pyridine rings is 2. The highest BCUT2D eigenvalue weighted by atomic mass is 16.3. The smallest absolute Gasteiger partial charge is 0.227 e. The van der Waals surface area contributed by atoms with Crippen LogP contribution in [0.5, 0.6) is 0 Å². The van der Waals surface area contributed by atoms with Crippen LogP contribution in [0.3, 0.4) is 0 Å². The van der Waals surface area contributed by atoms with Crippen LogP contribution in [0, 0.1) is 6.92 Å². The van der Waals surface area contributed by atoms with Crippen molar-refractivity contribution in [2.75, 3.05) is 0 Å². The molecule has 0 unspecified atom stereocenters. The molecule has 0 aliphatic heterocycles. The molecular formula is C34H39N2O+.